The number of aromatic nitrogens is 5. The van der Waals surface area contributed by atoms with Gasteiger partial charge in [0.1, 0.15) is 0 Å². The van der Waals surface area contributed by atoms with E-state index in [1.165, 1.54) is 11.1 Å². The van der Waals surface area contributed by atoms with Crippen LogP contribution in [0.3, 0.4) is 0 Å². The van der Waals surface area contributed by atoms with Gasteiger partial charge in [0.25, 0.3) is 0 Å². The number of para-hydroxylation sites is 2. The molecule has 276 valence electrons. The molecule has 0 atom stereocenters. The molecule has 11 rings (SSSR count). The number of nitrogens with zero attached hydrogens (tertiary/aromatic N) is 5. The van der Waals surface area contributed by atoms with E-state index in [1.54, 1.807) is 0 Å². The van der Waals surface area contributed by atoms with Crippen molar-refractivity contribution < 1.29 is 0 Å². The molecule has 0 fully saturated rings. The average molecular weight is 754 g/mol. The van der Waals surface area contributed by atoms with Gasteiger partial charge in [-0.2, -0.15) is 0 Å². The molecule has 3 heterocycles. The number of benzene rings is 8. The van der Waals surface area contributed by atoms with E-state index in [0.717, 1.165) is 77.5 Å². The van der Waals surface area contributed by atoms with Crippen molar-refractivity contribution in [2.45, 2.75) is 0 Å². The monoisotopic (exact) mass is 753 g/mol. The molecule has 5 nitrogen and oxygen atoms in total. The summed E-state index contributed by atoms with van der Waals surface area (Å²) in [4.78, 5) is 20.5. The van der Waals surface area contributed by atoms with Crippen LogP contribution in [0.5, 0.6) is 0 Å². The van der Waals surface area contributed by atoms with Gasteiger partial charge in [0, 0.05) is 44.1 Å². The summed E-state index contributed by atoms with van der Waals surface area (Å²) in [6.07, 6.45) is 0. The van der Waals surface area contributed by atoms with Gasteiger partial charge in [-0.05, 0) is 58.7 Å². The normalized spacial score (nSPS) is 11.4. The number of rotatable bonds is 7. The Morgan fingerprint density at radius 1 is 0.288 bits per heavy atom. The second kappa shape index (κ2) is 14.5. The lowest BCUT2D eigenvalue weighted by Gasteiger charge is -2.13. The van der Waals surface area contributed by atoms with Gasteiger partial charge < -0.3 is 4.57 Å². The Balaban J connectivity index is 1.05. The van der Waals surface area contributed by atoms with Crippen molar-refractivity contribution in [2.75, 3.05) is 0 Å². The smallest absolute Gasteiger partial charge is 0.164 e. The molecule has 0 N–H and O–H groups in total. The van der Waals surface area contributed by atoms with Crippen LogP contribution in [-0.2, 0) is 0 Å². The zero-order chi connectivity index (χ0) is 39.1. The highest BCUT2D eigenvalue weighted by Crippen LogP contribution is 2.41. The van der Waals surface area contributed by atoms with Gasteiger partial charge in [-0.3, -0.25) is 0 Å². The molecule has 3 aromatic heterocycles. The summed E-state index contributed by atoms with van der Waals surface area (Å²) in [6, 6.07) is 73.8. The molecule has 0 amide bonds. The van der Waals surface area contributed by atoms with Gasteiger partial charge in [-0.15, -0.1) is 0 Å². The molecule has 8 aromatic carbocycles. The van der Waals surface area contributed by atoms with Crippen molar-refractivity contribution in [1.82, 2.24) is 24.5 Å². The predicted octanol–water partition coefficient (Wildman–Crippen LogP) is 13.5. The molecule has 0 aliphatic heterocycles. The largest absolute Gasteiger partial charge is 0.308 e. The lowest BCUT2D eigenvalue weighted by Crippen LogP contribution is -2.01. The van der Waals surface area contributed by atoms with Crippen molar-refractivity contribution in [3.05, 3.63) is 212 Å². The van der Waals surface area contributed by atoms with Crippen molar-refractivity contribution >= 4 is 32.7 Å². The molecule has 5 heteroatoms. The van der Waals surface area contributed by atoms with E-state index >= 15 is 0 Å². The maximum Gasteiger partial charge on any atom is 0.164 e. The Morgan fingerprint density at radius 2 is 0.678 bits per heavy atom. The quantitative estimate of drug-likeness (QED) is 0.163. The van der Waals surface area contributed by atoms with Crippen LogP contribution < -0.4 is 0 Å². The molecule has 0 spiro atoms. The van der Waals surface area contributed by atoms with Crippen LogP contribution in [0, 0.1) is 0 Å². The summed E-state index contributed by atoms with van der Waals surface area (Å²) in [6.45, 7) is 0. The van der Waals surface area contributed by atoms with E-state index in [0.29, 0.717) is 17.5 Å². The summed E-state index contributed by atoms with van der Waals surface area (Å²) < 4.78 is 2.37. The van der Waals surface area contributed by atoms with Crippen LogP contribution >= 0.6 is 0 Å². The number of hydrogen-bond acceptors (Lipinski definition) is 4. The number of hydrogen-bond donors (Lipinski definition) is 0. The summed E-state index contributed by atoms with van der Waals surface area (Å²) in [5, 5.41) is 3.40. The first kappa shape index (κ1) is 34.2. The van der Waals surface area contributed by atoms with E-state index in [-0.39, 0.29) is 0 Å². The highest BCUT2D eigenvalue weighted by molar-refractivity contribution is 6.22. The number of fused-ring (bicyclic) bond motifs is 5. The van der Waals surface area contributed by atoms with Gasteiger partial charge >= 0.3 is 0 Å². The summed E-state index contributed by atoms with van der Waals surface area (Å²) in [5.74, 6) is 1.85. The predicted molar refractivity (Wildman–Crippen MR) is 242 cm³/mol. The third kappa shape index (κ3) is 6.22. The van der Waals surface area contributed by atoms with Crippen LogP contribution in [0.25, 0.3) is 106 Å². The van der Waals surface area contributed by atoms with Gasteiger partial charge in [-0.1, -0.05) is 176 Å². The van der Waals surface area contributed by atoms with Crippen LogP contribution in [-0.4, -0.2) is 24.5 Å². The maximum atomic E-state index is 5.26. The van der Waals surface area contributed by atoms with E-state index in [4.69, 9.17) is 19.9 Å². The first-order valence-electron chi connectivity index (χ1n) is 19.8. The Labute approximate surface area is 341 Å². The molecule has 11 aromatic rings. The average Bonchev–Trinajstić information content (AvgIpc) is 3.68. The minimum Gasteiger partial charge on any atom is -0.308 e. The molecule has 0 saturated carbocycles. The van der Waals surface area contributed by atoms with Gasteiger partial charge in [-0.25, -0.2) is 19.9 Å². The standard InChI is InChI=1S/C54H35N5/c1-4-14-36(15-5-1)38-24-28-41(29-25-38)52-56-53(42-30-26-39(27-31-42)37-16-6-2-7-17-37)58-54(57-52)43-32-34-44(35-33-43)59-48-23-13-11-21-46(48)49-50(40-18-8-3-9-19-40)55-47-22-12-10-20-45(47)51(49)59/h1-35H. The molecule has 0 radical (unpaired) electrons. The van der Waals surface area contributed by atoms with E-state index in [9.17, 15) is 0 Å². The van der Waals surface area contributed by atoms with Crippen LogP contribution in [0.15, 0.2) is 212 Å². The zero-order valence-corrected chi connectivity index (χ0v) is 31.9. The Kier molecular flexibility index (Phi) is 8.41. The van der Waals surface area contributed by atoms with Gasteiger partial charge in [0.15, 0.2) is 17.5 Å². The highest BCUT2D eigenvalue weighted by atomic mass is 15.0. The van der Waals surface area contributed by atoms with Crippen molar-refractivity contribution in [1.29, 1.82) is 0 Å². The first-order chi connectivity index (χ1) is 29.2. The minimum absolute atomic E-state index is 0.610. The molecule has 0 unspecified atom stereocenters. The second-order valence-corrected chi connectivity index (χ2v) is 14.7. The van der Waals surface area contributed by atoms with E-state index in [1.807, 2.05) is 18.2 Å². The first-order valence-corrected chi connectivity index (χ1v) is 19.8. The minimum atomic E-state index is 0.610. The lowest BCUT2D eigenvalue weighted by molar-refractivity contribution is 1.07. The Morgan fingerprint density at radius 3 is 1.20 bits per heavy atom. The Hall–Kier alpha value is -8.02. The fourth-order valence-corrected chi connectivity index (χ4v) is 8.16. The molecule has 0 saturated heterocycles. The summed E-state index contributed by atoms with van der Waals surface area (Å²) in [7, 11) is 0. The molecule has 59 heavy (non-hydrogen) atoms. The molecule has 0 aliphatic carbocycles. The summed E-state index contributed by atoms with van der Waals surface area (Å²) >= 11 is 0. The summed E-state index contributed by atoms with van der Waals surface area (Å²) in [5.41, 5.74) is 13.7. The Bertz CT molecular complexity index is 3170. The van der Waals surface area contributed by atoms with E-state index in [2.05, 4.69) is 199 Å². The fraction of sp³-hybridized carbons (Fsp3) is 0. The topological polar surface area (TPSA) is 56.5 Å². The third-order valence-corrected chi connectivity index (χ3v) is 11.1. The van der Waals surface area contributed by atoms with Gasteiger partial charge in [0.05, 0.1) is 22.2 Å². The molecule has 0 bridgehead atoms. The van der Waals surface area contributed by atoms with Crippen molar-refractivity contribution in [3.63, 3.8) is 0 Å². The molecule has 0 aliphatic rings. The highest BCUT2D eigenvalue weighted by Gasteiger charge is 2.21. The van der Waals surface area contributed by atoms with Crippen molar-refractivity contribution in [2.24, 2.45) is 0 Å². The second-order valence-electron chi connectivity index (χ2n) is 14.7. The molecular weight excluding hydrogens is 719 g/mol. The maximum absolute atomic E-state index is 5.26. The van der Waals surface area contributed by atoms with E-state index < -0.39 is 0 Å². The van der Waals surface area contributed by atoms with Crippen LogP contribution in [0.4, 0.5) is 0 Å². The van der Waals surface area contributed by atoms with Gasteiger partial charge in [0.2, 0.25) is 0 Å². The molecular formula is C54H35N5. The number of pyridine rings is 1. The van der Waals surface area contributed by atoms with Crippen molar-refractivity contribution in [3.8, 4) is 73.4 Å². The zero-order valence-electron chi connectivity index (χ0n) is 31.9. The fourth-order valence-electron chi connectivity index (χ4n) is 8.16. The lowest BCUT2D eigenvalue weighted by atomic mass is 10.0. The third-order valence-electron chi connectivity index (χ3n) is 11.1. The van der Waals surface area contributed by atoms with Crippen LogP contribution in [0.1, 0.15) is 0 Å². The van der Waals surface area contributed by atoms with Crippen LogP contribution in [0.2, 0.25) is 0 Å². The SMILES string of the molecule is c1ccc(-c2ccc(-c3nc(-c4ccc(-c5ccccc5)cc4)nc(-c4ccc(-n5c6ccccc6c6c(-c7ccccc7)nc7ccccc7c65)cc4)n3)cc2)cc1.